The number of nitrogen functional groups attached to an aromatic ring is 1. The molecule has 0 radical (unpaired) electrons. The Hall–Kier alpha value is -2.74. The molecule has 0 fully saturated rings. The van der Waals surface area contributed by atoms with Crippen LogP contribution in [0.1, 0.15) is 16.1 Å². The highest BCUT2D eigenvalue weighted by molar-refractivity contribution is 5.97. The first-order valence-electron chi connectivity index (χ1n) is 5.94. The van der Waals surface area contributed by atoms with E-state index < -0.39 is 5.91 Å². The zero-order valence-electron chi connectivity index (χ0n) is 10.5. The summed E-state index contributed by atoms with van der Waals surface area (Å²) in [7, 11) is 0. The van der Waals surface area contributed by atoms with Crippen molar-refractivity contribution in [1.29, 1.82) is 0 Å². The van der Waals surface area contributed by atoms with Gasteiger partial charge in [0.05, 0.1) is 11.9 Å². The van der Waals surface area contributed by atoms with E-state index in [1.807, 2.05) is 18.2 Å². The van der Waals surface area contributed by atoms with Crippen LogP contribution >= 0.6 is 0 Å². The molecule has 0 unspecified atom stereocenters. The Morgan fingerprint density at radius 3 is 3.10 bits per heavy atom. The van der Waals surface area contributed by atoms with Crippen molar-refractivity contribution in [2.45, 2.75) is 6.54 Å². The number of ether oxygens (including phenoxy) is 2. The lowest BCUT2D eigenvalue weighted by Crippen LogP contribution is -2.30. The minimum atomic E-state index is -0.435. The molecule has 0 spiro atoms. The summed E-state index contributed by atoms with van der Waals surface area (Å²) in [5.41, 5.74) is 3.91. The van der Waals surface area contributed by atoms with Crippen molar-refractivity contribution < 1.29 is 14.3 Å². The molecule has 0 bridgehead atoms. The topological polar surface area (TPSA) is 114 Å². The van der Waals surface area contributed by atoms with Gasteiger partial charge in [-0.15, -0.1) is 0 Å². The largest absolute Gasteiger partial charge is 0.454 e. The average molecular weight is 275 g/mol. The lowest BCUT2D eigenvalue weighted by atomic mass is 10.2. The summed E-state index contributed by atoms with van der Waals surface area (Å²) in [4.78, 5) is 11.5. The molecular weight excluding hydrogens is 262 g/mol. The SMILES string of the molecule is NNC(=O)c1[nH]ncc1NCc1ccc2c(c1)OCO2. The number of nitrogens with zero attached hydrogens (tertiary/aromatic N) is 1. The van der Waals surface area contributed by atoms with E-state index in [9.17, 15) is 4.79 Å². The molecule has 104 valence electrons. The van der Waals surface area contributed by atoms with Crippen LogP contribution in [-0.2, 0) is 6.54 Å². The summed E-state index contributed by atoms with van der Waals surface area (Å²) in [6.45, 7) is 0.760. The molecular formula is C12H13N5O3. The molecule has 0 saturated carbocycles. The Kier molecular flexibility index (Phi) is 3.13. The molecule has 20 heavy (non-hydrogen) atoms. The van der Waals surface area contributed by atoms with Crippen molar-refractivity contribution in [2.75, 3.05) is 12.1 Å². The monoisotopic (exact) mass is 275 g/mol. The van der Waals surface area contributed by atoms with E-state index in [0.717, 1.165) is 17.1 Å². The van der Waals surface area contributed by atoms with E-state index in [2.05, 4.69) is 20.9 Å². The van der Waals surface area contributed by atoms with Crippen LogP contribution in [0.4, 0.5) is 5.69 Å². The van der Waals surface area contributed by atoms with E-state index in [4.69, 9.17) is 15.3 Å². The maximum Gasteiger partial charge on any atom is 0.285 e. The Balaban J connectivity index is 1.71. The van der Waals surface area contributed by atoms with Crippen LogP contribution in [0.15, 0.2) is 24.4 Å². The number of nitrogens with two attached hydrogens (primary N) is 1. The number of H-pyrrole nitrogens is 1. The third-order valence-electron chi connectivity index (χ3n) is 2.92. The number of nitrogens with one attached hydrogen (secondary N) is 3. The van der Waals surface area contributed by atoms with Gasteiger partial charge < -0.3 is 14.8 Å². The molecule has 1 aromatic heterocycles. The minimum Gasteiger partial charge on any atom is -0.454 e. The molecule has 1 aliphatic rings. The van der Waals surface area contributed by atoms with E-state index in [0.29, 0.717) is 12.2 Å². The third kappa shape index (κ3) is 2.24. The van der Waals surface area contributed by atoms with Gasteiger partial charge in [-0.25, -0.2) is 5.84 Å². The van der Waals surface area contributed by atoms with Crippen molar-refractivity contribution in [1.82, 2.24) is 15.6 Å². The number of aromatic nitrogens is 2. The first kappa shape index (κ1) is 12.3. The van der Waals surface area contributed by atoms with Gasteiger partial charge in [-0.1, -0.05) is 6.07 Å². The van der Waals surface area contributed by atoms with Crippen molar-refractivity contribution in [2.24, 2.45) is 5.84 Å². The van der Waals surface area contributed by atoms with Gasteiger partial charge in [-0.2, -0.15) is 5.10 Å². The summed E-state index contributed by atoms with van der Waals surface area (Å²) in [6, 6.07) is 5.66. The number of hydrazine groups is 1. The molecule has 2 aromatic rings. The van der Waals surface area contributed by atoms with Crippen molar-refractivity contribution >= 4 is 11.6 Å². The summed E-state index contributed by atoms with van der Waals surface area (Å²) in [5, 5.41) is 9.51. The number of hydrogen-bond donors (Lipinski definition) is 4. The molecule has 3 rings (SSSR count). The van der Waals surface area contributed by atoms with Crippen LogP contribution in [-0.4, -0.2) is 22.9 Å². The number of fused-ring (bicyclic) bond motifs is 1. The molecule has 8 nitrogen and oxygen atoms in total. The van der Waals surface area contributed by atoms with Crippen LogP contribution in [0.25, 0.3) is 0 Å². The molecule has 0 aliphatic carbocycles. The van der Waals surface area contributed by atoms with Crippen LogP contribution < -0.4 is 26.1 Å². The fraction of sp³-hybridized carbons (Fsp3) is 0.167. The second-order valence-corrected chi connectivity index (χ2v) is 4.17. The number of amides is 1. The maximum absolute atomic E-state index is 11.5. The summed E-state index contributed by atoms with van der Waals surface area (Å²) in [6.07, 6.45) is 1.53. The third-order valence-corrected chi connectivity index (χ3v) is 2.92. The predicted molar refractivity (Wildman–Crippen MR) is 70.1 cm³/mol. The normalized spacial score (nSPS) is 12.2. The average Bonchev–Trinajstić information content (AvgIpc) is 3.12. The number of anilines is 1. The van der Waals surface area contributed by atoms with Gasteiger partial charge in [0.25, 0.3) is 5.91 Å². The van der Waals surface area contributed by atoms with Gasteiger partial charge in [-0.05, 0) is 17.7 Å². The zero-order valence-corrected chi connectivity index (χ0v) is 10.5. The fourth-order valence-corrected chi connectivity index (χ4v) is 1.91. The molecule has 8 heteroatoms. The lowest BCUT2D eigenvalue weighted by molar-refractivity contribution is 0.0949. The quantitative estimate of drug-likeness (QED) is 0.364. The summed E-state index contributed by atoms with van der Waals surface area (Å²) >= 11 is 0. The van der Waals surface area contributed by atoms with Gasteiger partial charge in [0.1, 0.15) is 5.69 Å². The fourth-order valence-electron chi connectivity index (χ4n) is 1.91. The summed E-state index contributed by atoms with van der Waals surface area (Å²) in [5.74, 6) is 6.12. The predicted octanol–water partition coefficient (Wildman–Crippen LogP) is 0.354. The van der Waals surface area contributed by atoms with E-state index in [1.54, 1.807) is 0 Å². The molecule has 0 saturated heterocycles. The second kappa shape index (κ2) is 5.10. The molecule has 5 N–H and O–H groups in total. The standard InChI is InChI=1S/C12H13N5O3/c13-16-12(18)11-8(5-15-17-11)14-4-7-1-2-9-10(3-7)20-6-19-9/h1-3,5,14H,4,6,13H2,(H,15,17)(H,16,18). The van der Waals surface area contributed by atoms with E-state index in [1.165, 1.54) is 6.20 Å². The molecule has 1 amide bonds. The first-order valence-corrected chi connectivity index (χ1v) is 5.94. The Bertz CT molecular complexity index is 640. The summed E-state index contributed by atoms with van der Waals surface area (Å²) < 4.78 is 10.6. The number of aromatic amines is 1. The van der Waals surface area contributed by atoms with Crippen molar-refractivity contribution in [3.63, 3.8) is 0 Å². The first-order chi connectivity index (χ1) is 9.78. The minimum absolute atomic E-state index is 0.245. The van der Waals surface area contributed by atoms with Gasteiger partial charge in [0.15, 0.2) is 11.5 Å². The highest BCUT2D eigenvalue weighted by Crippen LogP contribution is 2.32. The Morgan fingerprint density at radius 2 is 2.25 bits per heavy atom. The van der Waals surface area contributed by atoms with Gasteiger partial charge in [-0.3, -0.25) is 15.3 Å². The van der Waals surface area contributed by atoms with E-state index in [-0.39, 0.29) is 12.5 Å². The molecule has 2 heterocycles. The van der Waals surface area contributed by atoms with Crippen LogP contribution in [0.5, 0.6) is 11.5 Å². The maximum atomic E-state index is 11.5. The van der Waals surface area contributed by atoms with Gasteiger partial charge in [0.2, 0.25) is 6.79 Å². The highest BCUT2D eigenvalue weighted by atomic mass is 16.7. The highest BCUT2D eigenvalue weighted by Gasteiger charge is 2.15. The molecule has 1 aromatic carbocycles. The number of rotatable bonds is 4. The van der Waals surface area contributed by atoms with Crippen molar-refractivity contribution in [3.8, 4) is 11.5 Å². The van der Waals surface area contributed by atoms with E-state index >= 15 is 0 Å². The van der Waals surface area contributed by atoms with Gasteiger partial charge >= 0.3 is 0 Å². The van der Waals surface area contributed by atoms with Crippen LogP contribution in [0.2, 0.25) is 0 Å². The number of carbonyl (C=O) groups excluding carboxylic acids is 1. The zero-order chi connectivity index (χ0) is 13.9. The van der Waals surface area contributed by atoms with Crippen LogP contribution in [0, 0.1) is 0 Å². The Labute approximate surface area is 114 Å². The smallest absolute Gasteiger partial charge is 0.285 e. The number of hydrogen-bond acceptors (Lipinski definition) is 6. The van der Waals surface area contributed by atoms with Crippen LogP contribution in [0.3, 0.4) is 0 Å². The lowest BCUT2D eigenvalue weighted by Gasteiger charge is -2.07. The number of carbonyl (C=O) groups is 1. The number of benzene rings is 1. The van der Waals surface area contributed by atoms with Gasteiger partial charge in [0, 0.05) is 6.54 Å². The Morgan fingerprint density at radius 1 is 1.40 bits per heavy atom. The molecule has 0 atom stereocenters. The van der Waals surface area contributed by atoms with Crippen molar-refractivity contribution in [3.05, 3.63) is 35.7 Å². The second-order valence-electron chi connectivity index (χ2n) is 4.17. The molecule has 1 aliphatic heterocycles.